The Balaban J connectivity index is 2.90. The Morgan fingerprint density at radius 3 is 2.92 bits per heavy atom. The molecule has 0 radical (unpaired) electrons. The summed E-state index contributed by atoms with van der Waals surface area (Å²) < 4.78 is 0. The molecule has 0 spiro atoms. The fourth-order valence-corrected chi connectivity index (χ4v) is 1.78. The van der Waals surface area contributed by atoms with Crippen LogP contribution in [0, 0.1) is 11.3 Å². The molecule has 0 fully saturated rings. The van der Waals surface area contributed by atoms with E-state index in [0.717, 1.165) is 4.90 Å². The standard InChI is InChI=1S/C8H7ClN2S/c9-6-2-1-3-7(11)8(6)12-5-4-10/h1-3H,5,11H2. The van der Waals surface area contributed by atoms with E-state index < -0.39 is 0 Å². The highest BCUT2D eigenvalue weighted by Gasteiger charge is 2.03. The molecule has 1 rings (SSSR count). The van der Waals surface area contributed by atoms with Crippen molar-refractivity contribution in [3.63, 3.8) is 0 Å². The van der Waals surface area contributed by atoms with Crippen LogP contribution in [-0.2, 0) is 0 Å². The minimum Gasteiger partial charge on any atom is -0.398 e. The van der Waals surface area contributed by atoms with E-state index in [1.807, 2.05) is 6.07 Å². The number of rotatable bonds is 2. The topological polar surface area (TPSA) is 49.8 Å². The lowest BCUT2D eigenvalue weighted by Gasteiger charge is -2.03. The van der Waals surface area contributed by atoms with Gasteiger partial charge in [-0.3, -0.25) is 0 Å². The molecule has 0 aliphatic heterocycles. The van der Waals surface area contributed by atoms with Crippen LogP contribution in [0.25, 0.3) is 0 Å². The van der Waals surface area contributed by atoms with Crippen molar-refractivity contribution in [2.24, 2.45) is 0 Å². The molecule has 1 aromatic carbocycles. The van der Waals surface area contributed by atoms with Crippen molar-refractivity contribution in [1.82, 2.24) is 0 Å². The predicted molar refractivity (Wildman–Crippen MR) is 52.2 cm³/mol. The monoisotopic (exact) mass is 198 g/mol. The van der Waals surface area contributed by atoms with Crippen LogP contribution < -0.4 is 5.73 Å². The van der Waals surface area contributed by atoms with E-state index in [1.54, 1.807) is 18.2 Å². The lowest BCUT2D eigenvalue weighted by Crippen LogP contribution is -1.88. The van der Waals surface area contributed by atoms with Crippen LogP contribution in [0.1, 0.15) is 0 Å². The highest BCUT2D eigenvalue weighted by molar-refractivity contribution is 7.99. The van der Waals surface area contributed by atoms with Crippen molar-refractivity contribution >= 4 is 29.1 Å². The van der Waals surface area contributed by atoms with Gasteiger partial charge in [-0.1, -0.05) is 17.7 Å². The van der Waals surface area contributed by atoms with Gasteiger partial charge in [0.1, 0.15) is 0 Å². The summed E-state index contributed by atoms with van der Waals surface area (Å²) in [5, 5.41) is 8.96. The summed E-state index contributed by atoms with van der Waals surface area (Å²) in [5.74, 6) is 0.369. The normalized spacial score (nSPS) is 9.33. The SMILES string of the molecule is N#CCSc1c(N)cccc1Cl. The molecule has 0 aliphatic carbocycles. The molecule has 0 atom stereocenters. The first-order valence-electron chi connectivity index (χ1n) is 3.29. The second kappa shape index (κ2) is 4.24. The van der Waals surface area contributed by atoms with Crippen LogP contribution in [-0.4, -0.2) is 5.75 Å². The summed E-state index contributed by atoms with van der Waals surface area (Å²) in [6, 6.07) is 7.34. The third kappa shape index (κ3) is 2.07. The molecule has 0 saturated carbocycles. The van der Waals surface area contributed by atoms with Gasteiger partial charge in [-0.15, -0.1) is 11.8 Å². The third-order valence-corrected chi connectivity index (χ3v) is 2.72. The zero-order valence-corrected chi connectivity index (χ0v) is 7.82. The van der Waals surface area contributed by atoms with Crippen LogP contribution in [0.2, 0.25) is 5.02 Å². The summed E-state index contributed by atoms with van der Waals surface area (Å²) in [6.07, 6.45) is 0. The minimum atomic E-state index is 0.369. The van der Waals surface area contributed by atoms with Crippen molar-refractivity contribution in [2.45, 2.75) is 4.90 Å². The molecular formula is C8H7ClN2S. The molecule has 0 bridgehead atoms. The Morgan fingerprint density at radius 1 is 1.58 bits per heavy atom. The Labute approximate surface area is 80.3 Å². The van der Waals surface area contributed by atoms with Crippen molar-refractivity contribution < 1.29 is 0 Å². The zero-order valence-electron chi connectivity index (χ0n) is 6.25. The highest BCUT2D eigenvalue weighted by atomic mass is 35.5. The van der Waals surface area contributed by atoms with Crippen molar-refractivity contribution in [2.75, 3.05) is 11.5 Å². The second-order valence-corrected chi connectivity index (χ2v) is 3.50. The Kier molecular flexibility index (Phi) is 3.27. The second-order valence-electron chi connectivity index (χ2n) is 2.10. The van der Waals surface area contributed by atoms with Crippen LogP contribution in [0.4, 0.5) is 5.69 Å². The van der Waals surface area contributed by atoms with Crippen molar-refractivity contribution in [1.29, 1.82) is 5.26 Å². The maximum atomic E-state index is 8.35. The molecule has 0 aromatic heterocycles. The number of nitrogens with zero attached hydrogens (tertiary/aromatic N) is 1. The third-order valence-electron chi connectivity index (χ3n) is 1.28. The van der Waals surface area contributed by atoms with Crippen LogP contribution in [0.5, 0.6) is 0 Å². The van der Waals surface area contributed by atoms with Crippen molar-refractivity contribution in [3.8, 4) is 6.07 Å². The van der Waals surface area contributed by atoms with Gasteiger partial charge in [0, 0.05) is 10.6 Å². The lowest BCUT2D eigenvalue weighted by atomic mass is 10.3. The Bertz CT molecular complexity index is 299. The highest BCUT2D eigenvalue weighted by Crippen LogP contribution is 2.31. The maximum absolute atomic E-state index is 8.35. The average Bonchev–Trinajstić information content (AvgIpc) is 2.04. The number of benzene rings is 1. The minimum absolute atomic E-state index is 0.369. The number of nitrogen functional groups attached to an aromatic ring is 1. The number of hydrogen-bond donors (Lipinski definition) is 1. The smallest absolute Gasteiger partial charge is 0.0856 e. The molecule has 0 amide bonds. The molecule has 0 unspecified atom stereocenters. The Morgan fingerprint density at radius 2 is 2.33 bits per heavy atom. The van der Waals surface area contributed by atoms with Gasteiger partial charge in [0.05, 0.1) is 16.8 Å². The number of nitriles is 1. The lowest BCUT2D eigenvalue weighted by molar-refractivity contribution is 1.45. The number of anilines is 1. The van der Waals surface area contributed by atoms with E-state index >= 15 is 0 Å². The number of hydrogen-bond acceptors (Lipinski definition) is 3. The van der Waals surface area contributed by atoms with Gasteiger partial charge in [0.25, 0.3) is 0 Å². The summed E-state index contributed by atoms with van der Waals surface area (Å²) >= 11 is 7.21. The van der Waals surface area contributed by atoms with Gasteiger partial charge < -0.3 is 5.73 Å². The molecule has 0 saturated heterocycles. The van der Waals surface area contributed by atoms with Gasteiger partial charge in [-0.05, 0) is 12.1 Å². The molecule has 0 aliphatic rings. The fraction of sp³-hybridized carbons (Fsp3) is 0.125. The van der Waals surface area contributed by atoms with Crippen LogP contribution >= 0.6 is 23.4 Å². The van der Waals surface area contributed by atoms with E-state index in [1.165, 1.54) is 11.8 Å². The first-order chi connectivity index (χ1) is 5.75. The molecule has 2 N–H and O–H groups in total. The van der Waals surface area contributed by atoms with Crippen molar-refractivity contribution in [3.05, 3.63) is 23.2 Å². The van der Waals surface area contributed by atoms with Gasteiger partial charge in [0.15, 0.2) is 0 Å². The molecular weight excluding hydrogens is 192 g/mol. The zero-order chi connectivity index (χ0) is 8.97. The Hall–Kier alpha value is -0.850. The van der Waals surface area contributed by atoms with E-state index in [9.17, 15) is 0 Å². The number of thioether (sulfide) groups is 1. The van der Waals surface area contributed by atoms with Crippen LogP contribution in [0.15, 0.2) is 23.1 Å². The largest absolute Gasteiger partial charge is 0.398 e. The number of nitrogens with two attached hydrogens (primary N) is 1. The fourth-order valence-electron chi connectivity index (χ4n) is 0.782. The number of halogens is 1. The van der Waals surface area contributed by atoms with E-state index in [2.05, 4.69) is 0 Å². The molecule has 12 heavy (non-hydrogen) atoms. The van der Waals surface area contributed by atoms with Gasteiger partial charge >= 0.3 is 0 Å². The molecule has 0 heterocycles. The van der Waals surface area contributed by atoms with Gasteiger partial charge in [0.2, 0.25) is 0 Å². The van der Waals surface area contributed by atoms with Gasteiger partial charge in [-0.2, -0.15) is 5.26 Å². The summed E-state index contributed by atoms with van der Waals surface area (Å²) in [4.78, 5) is 0.792. The molecule has 4 heteroatoms. The summed E-state index contributed by atoms with van der Waals surface area (Å²) in [7, 11) is 0. The molecule has 62 valence electrons. The summed E-state index contributed by atoms with van der Waals surface area (Å²) in [5.41, 5.74) is 6.28. The first kappa shape index (κ1) is 9.24. The van der Waals surface area contributed by atoms with Gasteiger partial charge in [-0.25, -0.2) is 0 Å². The quantitative estimate of drug-likeness (QED) is 0.587. The molecule has 1 aromatic rings. The molecule has 2 nitrogen and oxygen atoms in total. The summed E-state index contributed by atoms with van der Waals surface area (Å²) in [6.45, 7) is 0. The van der Waals surface area contributed by atoms with E-state index in [0.29, 0.717) is 16.5 Å². The van der Waals surface area contributed by atoms with Crippen LogP contribution in [0.3, 0.4) is 0 Å². The predicted octanol–water partition coefficient (Wildman–Crippen LogP) is 2.54. The van der Waals surface area contributed by atoms with E-state index in [4.69, 9.17) is 22.6 Å². The maximum Gasteiger partial charge on any atom is 0.0856 e. The first-order valence-corrected chi connectivity index (χ1v) is 4.66. The average molecular weight is 199 g/mol. The van der Waals surface area contributed by atoms with E-state index in [-0.39, 0.29) is 0 Å².